The number of rotatable bonds is 6. The van der Waals surface area contributed by atoms with E-state index in [1.54, 1.807) is 5.92 Å². The molecule has 0 aromatic rings. The molecule has 1 saturated carbocycles. The van der Waals surface area contributed by atoms with Crippen LogP contribution < -0.4 is 0 Å². The molecule has 3 atom stereocenters. The highest BCUT2D eigenvalue weighted by Crippen LogP contribution is 2.41. The lowest BCUT2D eigenvalue weighted by molar-refractivity contribution is -0.139. The average molecular weight is 241 g/mol. The fourth-order valence-corrected chi connectivity index (χ4v) is 2.81. The summed E-state index contributed by atoms with van der Waals surface area (Å²) in [5.41, 5.74) is 0. The van der Waals surface area contributed by atoms with Crippen molar-refractivity contribution >= 4 is 0 Å². The van der Waals surface area contributed by atoms with Crippen molar-refractivity contribution in [3.05, 3.63) is 5.92 Å². The van der Waals surface area contributed by atoms with Crippen LogP contribution in [0.2, 0.25) is 0 Å². The molecule has 1 radical (unpaired) electrons. The van der Waals surface area contributed by atoms with Crippen LogP contribution in [0.3, 0.4) is 0 Å². The van der Waals surface area contributed by atoms with Crippen molar-refractivity contribution in [2.75, 3.05) is 13.2 Å². The zero-order chi connectivity index (χ0) is 12.8. The van der Waals surface area contributed by atoms with Crippen molar-refractivity contribution < 1.29 is 9.47 Å². The van der Waals surface area contributed by atoms with Crippen LogP contribution in [-0.4, -0.2) is 19.5 Å². The van der Waals surface area contributed by atoms with Crippen LogP contribution >= 0.6 is 0 Å². The van der Waals surface area contributed by atoms with Gasteiger partial charge in [-0.1, -0.05) is 20.8 Å². The molecule has 101 valence electrons. The number of hydrogen-bond donors (Lipinski definition) is 0. The Kier molecular flexibility index (Phi) is 6.50. The van der Waals surface area contributed by atoms with Gasteiger partial charge in [0.1, 0.15) is 0 Å². The van der Waals surface area contributed by atoms with Crippen LogP contribution in [0.5, 0.6) is 0 Å². The third-order valence-electron chi connectivity index (χ3n) is 4.11. The van der Waals surface area contributed by atoms with Crippen molar-refractivity contribution in [1.29, 1.82) is 0 Å². The third kappa shape index (κ3) is 4.59. The van der Waals surface area contributed by atoms with Gasteiger partial charge in [-0.05, 0) is 50.4 Å². The largest absolute Gasteiger partial charge is 0.353 e. The summed E-state index contributed by atoms with van der Waals surface area (Å²) in [4.78, 5) is 0. The van der Waals surface area contributed by atoms with Crippen molar-refractivity contribution in [3.63, 3.8) is 0 Å². The maximum Gasteiger partial charge on any atom is 0.158 e. The summed E-state index contributed by atoms with van der Waals surface area (Å²) in [6, 6.07) is 0. The third-order valence-corrected chi connectivity index (χ3v) is 4.11. The molecule has 3 unspecified atom stereocenters. The summed E-state index contributed by atoms with van der Waals surface area (Å²) >= 11 is 0. The summed E-state index contributed by atoms with van der Waals surface area (Å²) < 4.78 is 11.3. The van der Waals surface area contributed by atoms with E-state index >= 15 is 0 Å². The monoisotopic (exact) mass is 241 g/mol. The van der Waals surface area contributed by atoms with Gasteiger partial charge in [0.05, 0.1) is 0 Å². The molecule has 1 aliphatic rings. The second kappa shape index (κ2) is 7.38. The Hall–Kier alpha value is -0.0800. The van der Waals surface area contributed by atoms with E-state index in [1.807, 2.05) is 13.8 Å². The minimum Gasteiger partial charge on any atom is -0.353 e. The molecule has 0 bridgehead atoms. The zero-order valence-corrected chi connectivity index (χ0v) is 12.2. The molecule has 0 spiro atoms. The van der Waals surface area contributed by atoms with Gasteiger partial charge < -0.3 is 9.47 Å². The predicted octanol–water partition coefficient (Wildman–Crippen LogP) is 4.05. The highest BCUT2D eigenvalue weighted by Gasteiger charge is 2.32. The fourth-order valence-electron chi connectivity index (χ4n) is 2.81. The molecule has 0 aliphatic heterocycles. The molecule has 1 aliphatic carbocycles. The maximum absolute atomic E-state index is 5.65. The van der Waals surface area contributed by atoms with Gasteiger partial charge in [-0.2, -0.15) is 0 Å². The Morgan fingerprint density at radius 1 is 1.06 bits per heavy atom. The van der Waals surface area contributed by atoms with Crippen LogP contribution in [-0.2, 0) is 9.47 Å². The second-order valence-electron chi connectivity index (χ2n) is 5.50. The topological polar surface area (TPSA) is 18.5 Å². The van der Waals surface area contributed by atoms with Gasteiger partial charge in [-0.15, -0.1) is 0 Å². The molecule has 2 nitrogen and oxygen atoms in total. The van der Waals surface area contributed by atoms with Crippen molar-refractivity contribution in [1.82, 2.24) is 0 Å². The van der Waals surface area contributed by atoms with Crippen molar-refractivity contribution in [2.45, 2.75) is 60.2 Å². The highest BCUT2D eigenvalue weighted by atomic mass is 16.7. The van der Waals surface area contributed by atoms with Gasteiger partial charge >= 0.3 is 0 Å². The first-order valence-corrected chi connectivity index (χ1v) is 7.16. The van der Waals surface area contributed by atoms with Gasteiger partial charge in [0.2, 0.25) is 0 Å². The molecular weight excluding hydrogens is 212 g/mol. The Morgan fingerprint density at radius 3 is 2.18 bits per heavy atom. The van der Waals surface area contributed by atoms with E-state index in [1.165, 1.54) is 12.8 Å². The summed E-state index contributed by atoms with van der Waals surface area (Å²) in [6.07, 6.45) is 3.53. The number of hydrogen-bond acceptors (Lipinski definition) is 2. The van der Waals surface area contributed by atoms with E-state index < -0.39 is 0 Å². The Labute approximate surface area is 107 Å². The maximum atomic E-state index is 5.65. The Balaban J connectivity index is 2.47. The Bertz CT molecular complexity index is 199. The predicted molar refractivity (Wildman–Crippen MR) is 71.6 cm³/mol. The first-order chi connectivity index (χ1) is 8.08. The standard InChI is InChI=1S/C15H29O2/c1-6-16-15(17-7-2)10-14-9-12(4)11(3)8-13(14)5/h11-13,15H,6-10H2,1-5H3. The normalized spacial score (nSPS) is 31.1. The van der Waals surface area contributed by atoms with Crippen molar-refractivity contribution in [2.24, 2.45) is 17.8 Å². The SMILES string of the molecule is CCOC(C[C]1CC(C)C(C)CC1C)OCC. The lowest BCUT2D eigenvalue weighted by Gasteiger charge is -2.38. The summed E-state index contributed by atoms with van der Waals surface area (Å²) in [5.74, 6) is 4.03. The van der Waals surface area contributed by atoms with E-state index in [0.29, 0.717) is 0 Å². The average Bonchev–Trinajstić information content (AvgIpc) is 2.26. The van der Waals surface area contributed by atoms with Gasteiger partial charge in [0.15, 0.2) is 6.29 Å². The van der Waals surface area contributed by atoms with Crippen LogP contribution in [0.15, 0.2) is 0 Å². The number of ether oxygens (including phenoxy) is 2. The summed E-state index contributed by atoms with van der Waals surface area (Å²) in [5, 5.41) is 0. The molecule has 17 heavy (non-hydrogen) atoms. The van der Waals surface area contributed by atoms with E-state index in [2.05, 4.69) is 20.8 Å². The van der Waals surface area contributed by atoms with Crippen molar-refractivity contribution in [3.8, 4) is 0 Å². The smallest absolute Gasteiger partial charge is 0.158 e. The molecule has 1 fully saturated rings. The van der Waals surface area contributed by atoms with Crippen LogP contribution in [0.1, 0.15) is 53.9 Å². The lowest BCUT2D eigenvalue weighted by atomic mass is 9.69. The molecule has 0 heterocycles. The molecule has 0 aromatic carbocycles. The summed E-state index contributed by atoms with van der Waals surface area (Å²) in [7, 11) is 0. The molecular formula is C15H29O2. The van der Waals surface area contributed by atoms with Gasteiger partial charge in [0, 0.05) is 19.6 Å². The molecule has 0 N–H and O–H groups in total. The zero-order valence-electron chi connectivity index (χ0n) is 12.2. The van der Waals surface area contributed by atoms with Gasteiger partial charge in [-0.25, -0.2) is 0 Å². The molecule has 0 aromatic heterocycles. The van der Waals surface area contributed by atoms with E-state index in [4.69, 9.17) is 9.47 Å². The van der Waals surface area contributed by atoms with Gasteiger partial charge in [0.25, 0.3) is 0 Å². The first-order valence-electron chi connectivity index (χ1n) is 7.16. The molecule has 0 amide bonds. The minimum absolute atomic E-state index is 0.0249. The minimum atomic E-state index is -0.0249. The molecule has 0 saturated heterocycles. The van der Waals surface area contributed by atoms with E-state index in [0.717, 1.165) is 37.4 Å². The van der Waals surface area contributed by atoms with E-state index in [-0.39, 0.29) is 6.29 Å². The Morgan fingerprint density at radius 2 is 1.65 bits per heavy atom. The summed E-state index contributed by atoms with van der Waals surface area (Å²) in [6.45, 7) is 12.6. The van der Waals surface area contributed by atoms with E-state index in [9.17, 15) is 0 Å². The molecule has 2 heteroatoms. The lowest BCUT2D eigenvalue weighted by Crippen LogP contribution is -2.30. The molecule has 1 rings (SSSR count). The van der Waals surface area contributed by atoms with Crippen LogP contribution in [0.4, 0.5) is 0 Å². The van der Waals surface area contributed by atoms with Crippen LogP contribution in [0, 0.1) is 23.7 Å². The quantitative estimate of drug-likeness (QED) is 0.653. The van der Waals surface area contributed by atoms with Gasteiger partial charge in [-0.3, -0.25) is 0 Å². The highest BCUT2D eigenvalue weighted by molar-refractivity contribution is 5.01. The van der Waals surface area contributed by atoms with Crippen LogP contribution in [0.25, 0.3) is 0 Å². The fraction of sp³-hybridized carbons (Fsp3) is 0.933. The second-order valence-corrected chi connectivity index (χ2v) is 5.50. The first kappa shape index (κ1) is 15.0.